The first kappa shape index (κ1) is 16.0. The zero-order valence-electron chi connectivity index (χ0n) is 12.5. The fourth-order valence-electron chi connectivity index (χ4n) is 2.95. The molecule has 2 aromatic rings. The van der Waals surface area contributed by atoms with Crippen molar-refractivity contribution in [3.05, 3.63) is 47.0 Å². The summed E-state index contributed by atoms with van der Waals surface area (Å²) in [6.07, 6.45) is 2.39. The summed E-state index contributed by atoms with van der Waals surface area (Å²) in [6, 6.07) is 6.01. The van der Waals surface area contributed by atoms with E-state index in [1.54, 1.807) is 12.1 Å². The summed E-state index contributed by atoms with van der Waals surface area (Å²) in [4.78, 5) is 10.1. The first-order valence-electron chi connectivity index (χ1n) is 7.50. The van der Waals surface area contributed by atoms with E-state index in [1.165, 1.54) is 18.5 Å². The molecule has 1 aliphatic rings. The number of nitrogens with zero attached hydrogens (tertiary/aromatic N) is 3. The number of benzene rings is 1. The van der Waals surface area contributed by atoms with Crippen molar-refractivity contribution in [2.45, 2.75) is 18.9 Å². The highest BCUT2D eigenvalue weighted by Crippen LogP contribution is 2.34. The SMILES string of the molecule is Nc1ncnc(N2CCC(C(O)c3ccc(F)cc3)CC2)c1Cl. The number of aromatic nitrogens is 2. The molecule has 1 unspecified atom stereocenters. The molecule has 0 aliphatic carbocycles. The van der Waals surface area contributed by atoms with E-state index in [0.29, 0.717) is 10.8 Å². The van der Waals surface area contributed by atoms with Gasteiger partial charge >= 0.3 is 0 Å². The van der Waals surface area contributed by atoms with Gasteiger partial charge in [0.2, 0.25) is 0 Å². The minimum absolute atomic E-state index is 0.120. The van der Waals surface area contributed by atoms with Crippen molar-refractivity contribution in [3.8, 4) is 0 Å². The minimum Gasteiger partial charge on any atom is -0.388 e. The van der Waals surface area contributed by atoms with Gasteiger partial charge in [-0.05, 0) is 36.5 Å². The van der Waals surface area contributed by atoms with Crippen LogP contribution in [0.4, 0.5) is 16.0 Å². The molecule has 7 heteroatoms. The van der Waals surface area contributed by atoms with Crippen molar-refractivity contribution in [3.63, 3.8) is 0 Å². The Morgan fingerprint density at radius 2 is 1.87 bits per heavy atom. The quantitative estimate of drug-likeness (QED) is 0.901. The molecule has 3 rings (SSSR count). The first-order valence-corrected chi connectivity index (χ1v) is 7.88. The summed E-state index contributed by atoms with van der Waals surface area (Å²) in [7, 11) is 0. The predicted molar refractivity (Wildman–Crippen MR) is 87.8 cm³/mol. The number of nitrogens with two attached hydrogens (primary N) is 1. The van der Waals surface area contributed by atoms with Gasteiger partial charge in [-0.15, -0.1) is 0 Å². The Hall–Kier alpha value is -1.92. The average Bonchev–Trinajstić information content (AvgIpc) is 2.58. The standard InChI is InChI=1S/C16H18ClFN4O/c17-13-15(19)20-9-21-16(13)22-7-5-11(6-8-22)14(23)10-1-3-12(18)4-2-10/h1-4,9,11,14,23H,5-8H2,(H2,19,20,21). The Morgan fingerprint density at radius 1 is 1.22 bits per heavy atom. The van der Waals surface area contributed by atoms with E-state index in [0.717, 1.165) is 31.5 Å². The highest BCUT2D eigenvalue weighted by atomic mass is 35.5. The molecule has 1 fully saturated rings. The lowest BCUT2D eigenvalue weighted by Crippen LogP contribution is -2.36. The number of aliphatic hydroxyl groups is 1. The lowest BCUT2D eigenvalue weighted by atomic mass is 9.87. The maximum absolute atomic E-state index is 13.0. The highest BCUT2D eigenvalue weighted by Gasteiger charge is 2.28. The Morgan fingerprint density at radius 3 is 2.52 bits per heavy atom. The van der Waals surface area contributed by atoms with Crippen LogP contribution in [0.1, 0.15) is 24.5 Å². The van der Waals surface area contributed by atoms with Gasteiger partial charge in [-0.3, -0.25) is 0 Å². The van der Waals surface area contributed by atoms with Crippen LogP contribution in [0.25, 0.3) is 0 Å². The maximum Gasteiger partial charge on any atom is 0.153 e. The maximum atomic E-state index is 13.0. The number of halogens is 2. The van der Waals surface area contributed by atoms with Crippen molar-refractivity contribution >= 4 is 23.2 Å². The van der Waals surface area contributed by atoms with E-state index in [2.05, 4.69) is 9.97 Å². The lowest BCUT2D eigenvalue weighted by Gasteiger charge is -2.35. The second kappa shape index (κ2) is 6.68. The molecule has 0 saturated carbocycles. The van der Waals surface area contributed by atoms with E-state index in [9.17, 15) is 9.50 Å². The van der Waals surface area contributed by atoms with Gasteiger partial charge in [0.15, 0.2) is 5.82 Å². The van der Waals surface area contributed by atoms with E-state index in [-0.39, 0.29) is 17.6 Å². The lowest BCUT2D eigenvalue weighted by molar-refractivity contribution is 0.0928. The van der Waals surface area contributed by atoms with E-state index in [4.69, 9.17) is 17.3 Å². The first-order chi connectivity index (χ1) is 11.1. The van der Waals surface area contributed by atoms with Gasteiger partial charge in [0, 0.05) is 13.1 Å². The molecule has 1 aromatic carbocycles. The number of hydrogen-bond donors (Lipinski definition) is 2. The number of anilines is 2. The van der Waals surface area contributed by atoms with Crippen molar-refractivity contribution in [2.24, 2.45) is 5.92 Å². The van der Waals surface area contributed by atoms with Crippen LogP contribution in [0, 0.1) is 11.7 Å². The van der Waals surface area contributed by atoms with Gasteiger partial charge in [-0.25, -0.2) is 14.4 Å². The van der Waals surface area contributed by atoms with Crippen LogP contribution >= 0.6 is 11.6 Å². The molecular formula is C16H18ClFN4O. The average molecular weight is 337 g/mol. The molecule has 1 saturated heterocycles. The third-order valence-corrected chi connectivity index (χ3v) is 4.66. The predicted octanol–water partition coefficient (Wildman–Crippen LogP) is 2.80. The number of hydrogen-bond acceptors (Lipinski definition) is 5. The molecule has 0 radical (unpaired) electrons. The van der Waals surface area contributed by atoms with Crippen molar-refractivity contribution < 1.29 is 9.50 Å². The fraction of sp³-hybridized carbons (Fsp3) is 0.375. The number of aliphatic hydroxyl groups excluding tert-OH is 1. The van der Waals surface area contributed by atoms with Gasteiger partial charge in [0.25, 0.3) is 0 Å². The Bertz CT molecular complexity index is 674. The summed E-state index contributed by atoms with van der Waals surface area (Å²) in [5.41, 5.74) is 6.46. The summed E-state index contributed by atoms with van der Waals surface area (Å²) in [5, 5.41) is 10.8. The largest absolute Gasteiger partial charge is 0.388 e. The van der Waals surface area contributed by atoms with Crippen LogP contribution in [0.5, 0.6) is 0 Å². The molecule has 0 bridgehead atoms. The molecule has 0 spiro atoms. The third kappa shape index (κ3) is 3.38. The van der Waals surface area contributed by atoms with E-state index >= 15 is 0 Å². The number of piperidine rings is 1. The second-order valence-electron chi connectivity index (χ2n) is 5.72. The minimum atomic E-state index is -0.594. The van der Waals surface area contributed by atoms with Crippen LogP contribution in [0.2, 0.25) is 5.02 Å². The van der Waals surface area contributed by atoms with Gasteiger partial charge in [0.1, 0.15) is 23.0 Å². The van der Waals surface area contributed by atoms with Gasteiger partial charge in [-0.1, -0.05) is 23.7 Å². The molecule has 1 aromatic heterocycles. The van der Waals surface area contributed by atoms with Gasteiger partial charge in [0.05, 0.1) is 6.10 Å². The second-order valence-corrected chi connectivity index (χ2v) is 6.10. The van der Waals surface area contributed by atoms with Crippen molar-refractivity contribution in [2.75, 3.05) is 23.7 Å². The molecule has 23 heavy (non-hydrogen) atoms. The third-order valence-electron chi connectivity index (χ3n) is 4.30. The molecule has 1 atom stereocenters. The molecule has 3 N–H and O–H groups in total. The van der Waals surface area contributed by atoms with Crippen LogP contribution in [-0.2, 0) is 0 Å². The summed E-state index contributed by atoms with van der Waals surface area (Å²) < 4.78 is 13.0. The summed E-state index contributed by atoms with van der Waals surface area (Å²) in [5.74, 6) is 0.723. The molecule has 5 nitrogen and oxygen atoms in total. The Kier molecular flexibility index (Phi) is 4.63. The summed E-state index contributed by atoms with van der Waals surface area (Å²) >= 11 is 6.16. The molecule has 2 heterocycles. The Balaban J connectivity index is 1.66. The van der Waals surface area contributed by atoms with Gasteiger partial charge < -0.3 is 15.7 Å². The van der Waals surface area contributed by atoms with Crippen molar-refractivity contribution in [1.82, 2.24) is 9.97 Å². The normalized spacial score (nSPS) is 17.3. The highest BCUT2D eigenvalue weighted by molar-refractivity contribution is 6.35. The monoisotopic (exact) mass is 336 g/mol. The number of nitrogen functional groups attached to an aromatic ring is 1. The van der Waals surface area contributed by atoms with Crippen molar-refractivity contribution in [1.29, 1.82) is 0 Å². The zero-order valence-corrected chi connectivity index (χ0v) is 13.2. The zero-order chi connectivity index (χ0) is 16.4. The topological polar surface area (TPSA) is 75.3 Å². The van der Waals surface area contributed by atoms with Crippen LogP contribution in [0.3, 0.4) is 0 Å². The molecule has 0 amide bonds. The van der Waals surface area contributed by atoms with Crippen LogP contribution < -0.4 is 10.6 Å². The van der Waals surface area contributed by atoms with Crippen LogP contribution in [-0.4, -0.2) is 28.2 Å². The smallest absolute Gasteiger partial charge is 0.153 e. The van der Waals surface area contributed by atoms with Crippen LogP contribution in [0.15, 0.2) is 30.6 Å². The van der Waals surface area contributed by atoms with E-state index < -0.39 is 6.10 Å². The van der Waals surface area contributed by atoms with E-state index in [1.807, 2.05) is 4.90 Å². The summed E-state index contributed by atoms with van der Waals surface area (Å²) in [6.45, 7) is 1.44. The molecular weight excluding hydrogens is 319 g/mol. The fourth-order valence-corrected chi connectivity index (χ4v) is 3.17. The molecule has 1 aliphatic heterocycles. The Labute approximate surface area is 138 Å². The van der Waals surface area contributed by atoms with Gasteiger partial charge in [-0.2, -0.15) is 0 Å². The molecule has 122 valence electrons. The number of rotatable bonds is 3.